The van der Waals surface area contributed by atoms with E-state index in [2.05, 4.69) is 74.4 Å². The summed E-state index contributed by atoms with van der Waals surface area (Å²) < 4.78 is 17.9. The van der Waals surface area contributed by atoms with Crippen LogP contribution < -0.4 is 0 Å². The van der Waals surface area contributed by atoms with Gasteiger partial charge in [0.2, 0.25) is 0 Å². The SMILES string of the molecule is C[Si](C)(C)ON=C(C/C(=N\O[Si](C)(C)C)c1ccccc1)C/C(=N\O[Si](C)(C)C)c1ccccc1. The Morgan fingerprint density at radius 3 is 1.14 bits per heavy atom. The molecule has 0 aromatic heterocycles. The normalized spacial score (nSPS) is 13.3. The van der Waals surface area contributed by atoms with Gasteiger partial charge in [0.05, 0.1) is 17.1 Å². The summed E-state index contributed by atoms with van der Waals surface area (Å²) in [6.45, 7) is 19.1. The fourth-order valence-corrected chi connectivity index (χ4v) is 3.91. The maximum Gasteiger partial charge on any atom is 0.278 e. The molecule has 0 bridgehead atoms. The van der Waals surface area contributed by atoms with E-state index in [0.717, 1.165) is 28.3 Å². The van der Waals surface area contributed by atoms with Gasteiger partial charge in [-0.25, -0.2) is 0 Å². The van der Waals surface area contributed by atoms with Gasteiger partial charge in [-0.15, -0.1) is 15.5 Å². The first-order chi connectivity index (χ1) is 16.2. The Morgan fingerprint density at radius 1 is 0.514 bits per heavy atom. The van der Waals surface area contributed by atoms with E-state index < -0.39 is 25.0 Å². The largest absolute Gasteiger partial charge is 0.456 e. The summed E-state index contributed by atoms with van der Waals surface area (Å²) in [4.78, 5) is 0. The molecule has 0 saturated carbocycles. The lowest BCUT2D eigenvalue weighted by Gasteiger charge is -2.19. The fraction of sp³-hybridized carbons (Fsp3) is 0.423. The molecule has 0 atom stereocenters. The Bertz CT molecular complexity index is 948. The lowest BCUT2D eigenvalue weighted by atomic mass is 9.99. The second kappa shape index (κ2) is 12.5. The van der Waals surface area contributed by atoms with Crippen LogP contribution in [0, 0.1) is 0 Å². The van der Waals surface area contributed by atoms with Crippen molar-refractivity contribution in [2.75, 3.05) is 0 Å². The van der Waals surface area contributed by atoms with Crippen molar-refractivity contribution in [3.8, 4) is 0 Å². The van der Waals surface area contributed by atoms with Crippen molar-refractivity contribution >= 4 is 42.1 Å². The van der Waals surface area contributed by atoms with Gasteiger partial charge < -0.3 is 13.6 Å². The molecule has 6 nitrogen and oxygen atoms in total. The molecule has 2 aromatic rings. The van der Waals surface area contributed by atoms with Crippen molar-refractivity contribution in [2.45, 2.75) is 71.8 Å². The molecule has 0 radical (unpaired) electrons. The highest BCUT2D eigenvalue weighted by Crippen LogP contribution is 2.16. The van der Waals surface area contributed by atoms with E-state index in [1.54, 1.807) is 0 Å². The van der Waals surface area contributed by atoms with E-state index in [0.29, 0.717) is 12.8 Å². The lowest BCUT2D eigenvalue weighted by molar-refractivity contribution is 0.330. The first kappa shape index (κ1) is 28.7. The summed E-state index contributed by atoms with van der Waals surface area (Å²) in [7, 11) is -5.62. The fourth-order valence-electron chi connectivity index (χ4n) is 2.73. The summed E-state index contributed by atoms with van der Waals surface area (Å²) in [5, 5.41) is 13.9. The van der Waals surface area contributed by atoms with Gasteiger partial charge in [0, 0.05) is 12.8 Å². The lowest BCUT2D eigenvalue weighted by Crippen LogP contribution is -2.26. The Balaban J connectivity index is 2.48. The highest BCUT2D eigenvalue weighted by molar-refractivity contribution is 6.70. The number of oxime groups is 3. The molecular formula is C26H41N3O3Si3. The number of benzene rings is 2. The summed E-state index contributed by atoms with van der Waals surface area (Å²) in [6, 6.07) is 20.2. The van der Waals surface area contributed by atoms with Crippen LogP contribution >= 0.6 is 0 Å². The van der Waals surface area contributed by atoms with Gasteiger partial charge in [0.1, 0.15) is 0 Å². The Labute approximate surface area is 214 Å². The van der Waals surface area contributed by atoms with Gasteiger partial charge in [-0.1, -0.05) is 60.7 Å². The predicted molar refractivity (Wildman–Crippen MR) is 156 cm³/mol. The summed E-state index contributed by atoms with van der Waals surface area (Å²) in [5.41, 5.74) is 4.48. The van der Waals surface area contributed by atoms with E-state index in [-0.39, 0.29) is 0 Å². The van der Waals surface area contributed by atoms with Crippen LogP contribution in [0.25, 0.3) is 0 Å². The molecule has 0 spiro atoms. The monoisotopic (exact) mass is 527 g/mol. The van der Waals surface area contributed by atoms with E-state index >= 15 is 0 Å². The number of nitrogens with zero attached hydrogens (tertiary/aromatic N) is 3. The molecule has 2 rings (SSSR count). The smallest absolute Gasteiger partial charge is 0.278 e. The minimum Gasteiger partial charge on any atom is -0.456 e. The molecule has 0 saturated heterocycles. The van der Waals surface area contributed by atoms with Gasteiger partial charge in [-0.05, 0) is 70.1 Å². The first-order valence-electron chi connectivity index (χ1n) is 12.1. The molecule has 0 aliphatic carbocycles. The van der Waals surface area contributed by atoms with Crippen LogP contribution in [0.2, 0.25) is 58.9 Å². The van der Waals surface area contributed by atoms with Crippen molar-refractivity contribution in [1.29, 1.82) is 0 Å². The predicted octanol–water partition coefficient (Wildman–Crippen LogP) is 7.49. The van der Waals surface area contributed by atoms with Crippen molar-refractivity contribution in [1.82, 2.24) is 0 Å². The average molecular weight is 528 g/mol. The maximum absolute atomic E-state index is 6.01. The molecule has 0 aliphatic heterocycles. The zero-order chi connectivity index (χ0) is 26.1. The third-order valence-electron chi connectivity index (χ3n) is 4.27. The summed E-state index contributed by atoms with van der Waals surface area (Å²) >= 11 is 0. The van der Waals surface area contributed by atoms with Crippen LogP contribution in [-0.2, 0) is 13.6 Å². The Kier molecular flexibility index (Phi) is 10.2. The zero-order valence-electron chi connectivity index (χ0n) is 22.8. The van der Waals surface area contributed by atoms with Gasteiger partial charge in [0.15, 0.2) is 0 Å². The minimum atomic E-state index is -1.89. The molecule has 0 amide bonds. The van der Waals surface area contributed by atoms with Gasteiger partial charge in [0.25, 0.3) is 25.0 Å². The van der Waals surface area contributed by atoms with Gasteiger partial charge >= 0.3 is 0 Å². The summed E-state index contributed by atoms with van der Waals surface area (Å²) in [6.07, 6.45) is 0.968. The van der Waals surface area contributed by atoms with Crippen LogP contribution in [0.3, 0.4) is 0 Å². The minimum absolute atomic E-state index is 0.484. The molecule has 0 unspecified atom stereocenters. The van der Waals surface area contributed by atoms with E-state index in [9.17, 15) is 0 Å². The second-order valence-electron chi connectivity index (χ2n) is 11.4. The topological polar surface area (TPSA) is 64.8 Å². The quantitative estimate of drug-likeness (QED) is 0.163. The van der Waals surface area contributed by atoms with E-state index in [1.807, 2.05) is 60.7 Å². The standard InChI is InChI=1S/C26H41N3O3Si3/c1-33(2,3)30-27-24(20-25(28-31-34(4,5)6)22-16-12-10-13-17-22)21-26(29-32-35(7,8)9)23-18-14-11-15-19-23/h10-19H,20-21H2,1-9H3/b28-25+,29-26+. The number of hydrogen-bond donors (Lipinski definition) is 0. The molecule has 0 N–H and O–H groups in total. The third kappa shape index (κ3) is 12.2. The van der Waals surface area contributed by atoms with Gasteiger partial charge in [-0.3, -0.25) is 0 Å². The Hall–Kier alpha value is -2.50. The van der Waals surface area contributed by atoms with Crippen LogP contribution in [0.1, 0.15) is 24.0 Å². The van der Waals surface area contributed by atoms with Crippen LogP contribution in [-0.4, -0.2) is 42.1 Å². The third-order valence-corrected chi connectivity index (χ3v) is 6.18. The second-order valence-corrected chi connectivity index (χ2v) is 24.7. The number of rotatable bonds is 12. The van der Waals surface area contributed by atoms with Crippen molar-refractivity contribution < 1.29 is 13.6 Å². The van der Waals surface area contributed by atoms with Crippen LogP contribution in [0.5, 0.6) is 0 Å². The van der Waals surface area contributed by atoms with E-state index in [1.165, 1.54) is 0 Å². The highest BCUT2D eigenvalue weighted by Gasteiger charge is 2.22. The van der Waals surface area contributed by atoms with Crippen molar-refractivity contribution in [2.24, 2.45) is 15.5 Å². The van der Waals surface area contributed by atoms with Crippen LogP contribution in [0.15, 0.2) is 76.1 Å². The van der Waals surface area contributed by atoms with Crippen molar-refractivity contribution in [3.05, 3.63) is 71.8 Å². The molecule has 9 heteroatoms. The van der Waals surface area contributed by atoms with Gasteiger partial charge in [-0.2, -0.15) is 0 Å². The maximum atomic E-state index is 6.01. The molecule has 2 aromatic carbocycles. The average Bonchev–Trinajstić information content (AvgIpc) is 2.76. The highest BCUT2D eigenvalue weighted by atomic mass is 28.4. The van der Waals surface area contributed by atoms with E-state index in [4.69, 9.17) is 13.6 Å². The zero-order valence-corrected chi connectivity index (χ0v) is 25.8. The molecular weight excluding hydrogens is 487 g/mol. The Morgan fingerprint density at radius 2 is 0.829 bits per heavy atom. The van der Waals surface area contributed by atoms with Crippen molar-refractivity contribution in [3.63, 3.8) is 0 Å². The molecule has 35 heavy (non-hydrogen) atoms. The molecule has 0 aliphatic rings. The number of hydrogen-bond acceptors (Lipinski definition) is 6. The van der Waals surface area contributed by atoms with Crippen LogP contribution in [0.4, 0.5) is 0 Å². The first-order valence-corrected chi connectivity index (χ1v) is 22.3. The molecule has 0 fully saturated rings. The summed E-state index contributed by atoms with van der Waals surface area (Å²) in [5.74, 6) is 0. The molecule has 190 valence electrons. The molecule has 0 heterocycles.